The van der Waals surface area contributed by atoms with Crippen LogP contribution in [0, 0.1) is 0 Å². The number of nitrogens with one attached hydrogen (secondary N) is 2. The quantitative estimate of drug-likeness (QED) is 0.887. The third-order valence-electron chi connectivity index (χ3n) is 4.95. The molecular weight excluding hydrogens is 272 g/mol. The fraction of sp³-hybridized carbons (Fsp3) is 0.368. The Morgan fingerprint density at radius 2 is 1.91 bits per heavy atom. The minimum Gasteiger partial charge on any atom is -0.497 e. The summed E-state index contributed by atoms with van der Waals surface area (Å²) < 4.78 is 5.40. The van der Waals surface area contributed by atoms with E-state index in [2.05, 4.69) is 47.0 Å². The predicted molar refractivity (Wildman–Crippen MR) is 90.7 cm³/mol. The van der Waals surface area contributed by atoms with Gasteiger partial charge in [-0.05, 0) is 60.8 Å². The number of methoxy groups -OCH3 is 1. The monoisotopic (exact) mass is 294 g/mol. The minimum absolute atomic E-state index is 0.566. The zero-order chi connectivity index (χ0) is 14.9. The third kappa shape index (κ3) is 2.26. The van der Waals surface area contributed by atoms with Crippen LogP contribution < -0.4 is 15.4 Å². The van der Waals surface area contributed by atoms with Crippen molar-refractivity contribution < 1.29 is 4.74 Å². The van der Waals surface area contributed by atoms with E-state index in [-0.39, 0.29) is 0 Å². The highest BCUT2D eigenvalue weighted by atomic mass is 16.5. The number of anilines is 1. The summed E-state index contributed by atoms with van der Waals surface area (Å²) in [6, 6.07) is 15.6. The molecule has 3 nitrogen and oxygen atoms in total. The molecule has 22 heavy (non-hydrogen) atoms. The van der Waals surface area contributed by atoms with E-state index in [0.29, 0.717) is 12.0 Å². The van der Waals surface area contributed by atoms with Gasteiger partial charge in [-0.15, -0.1) is 0 Å². The summed E-state index contributed by atoms with van der Waals surface area (Å²) in [6.07, 6.45) is 2.39. The van der Waals surface area contributed by atoms with Crippen LogP contribution in [0.25, 0.3) is 11.1 Å². The average molecular weight is 294 g/mol. The summed E-state index contributed by atoms with van der Waals surface area (Å²) in [7, 11) is 1.73. The molecule has 2 aliphatic heterocycles. The lowest BCUT2D eigenvalue weighted by Gasteiger charge is -2.18. The van der Waals surface area contributed by atoms with E-state index < -0.39 is 0 Å². The molecule has 2 aromatic carbocycles. The van der Waals surface area contributed by atoms with E-state index >= 15 is 0 Å². The van der Waals surface area contributed by atoms with Gasteiger partial charge in [0.25, 0.3) is 0 Å². The fourth-order valence-electron chi connectivity index (χ4n) is 3.89. The zero-order valence-corrected chi connectivity index (χ0v) is 12.9. The molecule has 0 spiro atoms. The van der Waals surface area contributed by atoms with Crippen LogP contribution in [-0.4, -0.2) is 26.2 Å². The number of rotatable bonds is 2. The molecule has 0 bridgehead atoms. The van der Waals surface area contributed by atoms with Gasteiger partial charge < -0.3 is 15.4 Å². The van der Waals surface area contributed by atoms with Crippen molar-refractivity contribution in [1.29, 1.82) is 0 Å². The number of ether oxygens (including phenoxy) is 1. The maximum Gasteiger partial charge on any atom is 0.119 e. The zero-order valence-electron chi connectivity index (χ0n) is 12.9. The maximum atomic E-state index is 5.40. The van der Waals surface area contributed by atoms with Gasteiger partial charge in [-0.25, -0.2) is 0 Å². The lowest BCUT2D eigenvalue weighted by atomic mass is 9.86. The molecule has 1 fully saturated rings. The molecule has 3 heteroatoms. The van der Waals surface area contributed by atoms with E-state index in [0.717, 1.165) is 18.8 Å². The molecule has 0 amide bonds. The number of hydrogen-bond donors (Lipinski definition) is 2. The third-order valence-corrected chi connectivity index (χ3v) is 4.95. The first-order valence-electron chi connectivity index (χ1n) is 8.11. The van der Waals surface area contributed by atoms with Crippen molar-refractivity contribution in [2.24, 2.45) is 0 Å². The lowest BCUT2D eigenvalue weighted by molar-refractivity contribution is 0.415. The highest BCUT2D eigenvalue weighted by Gasteiger charge is 2.34. The summed E-state index contributed by atoms with van der Waals surface area (Å²) >= 11 is 0. The van der Waals surface area contributed by atoms with E-state index in [1.54, 1.807) is 7.11 Å². The van der Waals surface area contributed by atoms with Gasteiger partial charge in [0.2, 0.25) is 0 Å². The summed E-state index contributed by atoms with van der Waals surface area (Å²) in [5.74, 6) is 1.52. The summed E-state index contributed by atoms with van der Waals surface area (Å²) in [5, 5.41) is 7.27. The van der Waals surface area contributed by atoms with Crippen LogP contribution in [0.4, 0.5) is 5.69 Å². The molecule has 0 aromatic heterocycles. The first kappa shape index (κ1) is 13.6. The highest BCUT2D eigenvalue weighted by molar-refractivity contribution is 5.78. The molecule has 2 atom stereocenters. The summed E-state index contributed by atoms with van der Waals surface area (Å²) in [6.45, 7) is 2.21. The Balaban J connectivity index is 1.81. The van der Waals surface area contributed by atoms with Gasteiger partial charge in [-0.1, -0.05) is 24.3 Å². The Hall–Kier alpha value is -2.00. The van der Waals surface area contributed by atoms with Crippen LogP contribution in [0.15, 0.2) is 42.5 Å². The Morgan fingerprint density at radius 1 is 1.05 bits per heavy atom. The van der Waals surface area contributed by atoms with Crippen LogP contribution in [0.1, 0.15) is 24.3 Å². The van der Waals surface area contributed by atoms with Crippen molar-refractivity contribution in [3.05, 3.63) is 48.0 Å². The Kier molecular flexibility index (Phi) is 3.51. The molecule has 0 saturated carbocycles. The second-order valence-electron chi connectivity index (χ2n) is 6.18. The normalized spacial score (nSPS) is 23.1. The molecule has 0 aliphatic carbocycles. The molecular formula is C19H22N2O. The molecule has 114 valence electrons. The second kappa shape index (κ2) is 5.65. The molecule has 1 saturated heterocycles. The highest BCUT2D eigenvalue weighted by Crippen LogP contribution is 2.45. The van der Waals surface area contributed by atoms with Gasteiger partial charge in [0, 0.05) is 17.6 Å². The van der Waals surface area contributed by atoms with Crippen molar-refractivity contribution in [1.82, 2.24) is 5.32 Å². The molecule has 4 rings (SSSR count). The number of benzene rings is 2. The predicted octanol–water partition coefficient (Wildman–Crippen LogP) is 3.62. The maximum absolute atomic E-state index is 5.40. The summed E-state index contributed by atoms with van der Waals surface area (Å²) in [5.41, 5.74) is 5.40. The first-order chi connectivity index (χ1) is 10.9. The fourth-order valence-corrected chi connectivity index (χ4v) is 3.89. The smallest absolute Gasteiger partial charge is 0.119 e. The van der Waals surface area contributed by atoms with Gasteiger partial charge in [0.15, 0.2) is 0 Å². The first-order valence-corrected chi connectivity index (χ1v) is 8.11. The molecule has 2 N–H and O–H groups in total. The summed E-state index contributed by atoms with van der Waals surface area (Å²) in [4.78, 5) is 0. The topological polar surface area (TPSA) is 33.3 Å². The van der Waals surface area contributed by atoms with Gasteiger partial charge in [-0.2, -0.15) is 0 Å². The molecule has 2 heterocycles. The van der Waals surface area contributed by atoms with Crippen LogP contribution >= 0.6 is 0 Å². The van der Waals surface area contributed by atoms with E-state index in [1.165, 1.54) is 35.2 Å². The largest absolute Gasteiger partial charge is 0.497 e. The molecule has 0 unspecified atom stereocenters. The van der Waals surface area contributed by atoms with Crippen molar-refractivity contribution in [2.45, 2.75) is 24.8 Å². The standard InChI is InChI=1S/C19H22N2O/c1-22-14-5-2-4-13(12-14)15-6-3-7-18-19(15)16-8-10-20-11-9-17(16)21-18/h2-7,12,16-17,20-21H,8-11H2,1H3/t16-,17+/m1/s1. The molecule has 2 aromatic rings. The van der Waals surface area contributed by atoms with E-state index in [9.17, 15) is 0 Å². The van der Waals surface area contributed by atoms with Crippen LogP contribution in [-0.2, 0) is 0 Å². The lowest BCUT2D eigenvalue weighted by Crippen LogP contribution is -2.21. The Morgan fingerprint density at radius 3 is 2.82 bits per heavy atom. The van der Waals surface area contributed by atoms with Gasteiger partial charge >= 0.3 is 0 Å². The number of hydrogen-bond acceptors (Lipinski definition) is 3. The van der Waals surface area contributed by atoms with Crippen LogP contribution in [0.2, 0.25) is 0 Å². The van der Waals surface area contributed by atoms with Crippen molar-refractivity contribution in [3.8, 4) is 16.9 Å². The number of fused-ring (bicyclic) bond motifs is 3. The SMILES string of the molecule is COc1cccc(-c2cccc3c2[C@@H]2CCNCC[C@@H]2N3)c1. The van der Waals surface area contributed by atoms with Crippen molar-refractivity contribution in [3.63, 3.8) is 0 Å². The average Bonchev–Trinajstić information content (AvgIpc) is 2.76. The van der Waals surface area contributed by atoms with Crippen molar-refractivity contribution in [2.75, 3.05) is 25.5 Å². The van der Waals surface area contributed by atoms with E-state index in [1.807, 2.05) is 6.07 Å². The second-order valence-corrected chi connectivity index (χ2v) is 6.18. The van der Waals surface area contributed by atoms with Gasteiger partial charge in [-0.3, -0.25) is 0 Å². The minimum atomic E-state index is 0.566. The van der Waals surface area contributed by atoms with Crippen LogP contribution in [0.3, 0.4) is 0 Å². The Labute approximate surface area is 131 Å². The van der Waals surface area contributed by atoms with Gasteiger partial charge in [0.05, 0.1) is 7.11 Å². The Bertz CT molecular complexity index is 683. The van der Waals surface area contributed by atoms with E-state index in [4.69, 9.17) is 4.74 Å². The molecule has 0 radical (unpaired) electrons. The molecule has 2 aliphatic rings. The van der Waals surface area contributed by atoms with Crippen molar-refractivity contribution >= 4 is 5.69 Å². The van der Waals surface area contributed by atoms with Crippen LogP contribution in [0.5, 0.6) is 5.75 Å². The van der Waals surface area contributed by atoms with Gasteiger partial charge in [0.1, 0.15) is 5.75 Å².